The van der Waals surface area contributed by atoms with Crippen molar-refractivity contribution in [2.45, 2.75) is 225 Å². The zero-order valence-electron chi connectivity index (χ0n) is 46.5. The molecule has 0 saturated heterocycles. The van der Waals surface area contributed by atoms with Crippen LogP contribution in [0.25, 0.3) is 0 Å². The van der Waals surface area contributed by atoms with Gasteiger partial charge in [-0.2, -0.15) is 11.8 Å². The van der Waals surface area contributed by atoms with Gasteiger partial charge in [0.25, 0.3) is 5.91 Å². The molecule has 0 aliphatic heterocycles. The van der Waals surface area contributed by atoms with E-state index in [1.807, 2.05) is 0 Å². The number of anilines is 1. The number of rotatable bonds is 39. The summed E-state index contributed by atoms with van der Waals surface area (Å²) in [5, 5.41) is 5.54. The van der Waals surface area contributed by atoms with Crippen LogP contribution in [-0.4, -0.2) is 77.2 Å². The van der Waals surface area contributed by atoms with E-state index >= 15 is 0 Å². The highest BCUT2D eigenvalue weighted by atomic mass is 32.2. The molecule has 0 aromatic heterocycles. The summed E-state index contributed by atoms with van der Waals surface area (Å²) in [4.78, 5) is 77.4. The number of nitrogens with one attached hydrogen (secondary N) is 2. The van der Waals surface area contributed by atoms with Gasteiger partial charge in [0.15, 0.2) is 0 Å². The highest BCUT2D eigenvalue weighted by molar-refractivity contribution is 7.99. The van der Waals surface area contributed by atoms with Crippen molar-refractivity contribution in [3.63, 3.8) is 0 Å². The Morgan fingerprint density at radius 3 is 1.47 bits per heavy atom. The van der Waals surface area contributed by atoms with Gasteiger partial charge in [0.05, 0.1) is 0 Å². The van der Waals surface area contributed by atoms with E-state index in [1.54, 1.807) is 53.7 Å². The van der Waals surface area contributed by atoms with Crippen LogP contribution in [0.15, 0.2) is 84.9 Å². The smallest absolute Gasteiger partial charge is 0.329 e. The monoisotopic (exact) mass is 1060 g/mol. The van der Waals surface area contributed by atoms with Crippen molar-refractivity contribution < 1.29 is 47.7 Å². The van der Waals surface area contributed by atoms with Crippen LogP contribution in [0.3, 0.4) is 0 Å². The number of thioether (sulfide) groups is 1. The van der Waals surface area contributed by atoms with E-state index in [4.69, 9.17) is 18.9 Å². The third kappa shape index (κ3) is 33.5. The van der Waals surface area contributed by atoms with Crippen molar-refractivity contribution in [3.8, 4) is 0 Å². The maximum atomic E-state index is 13.2. The van der Waals surface area contributed by atoms with Crippen LogP contribution in [0.5, 0.6) is 0 Å². The molecular weight excluding hydrogens is 965 g/mol. The first-order valence-corrected chi connectivity index (χ1v) is 29.3. The lowest BCUT2D eigenvalue weighted by Gasteiger charge is -2.25. The number of benzene rings is 3. The van der Waals surface area contributed by atoms with Gasteiger partial charge in [-0.1, -0.05) is 151 Å². The van der Waals surface area contributed by atoms with Crippen molar-refractivity contribution in [2.24, 2.45) is 0 Å². The van der Waals surface area contributed by atoms with Crippen LogP contribution in [-0.2, 0) is 55.8 Å². The quantitative estimate of drug-likeness (QED) is 0.0317. The van der Waals surface area contributed by atoms with Crippen LogP contribution in [0, 0.1) is 0 Å². The van der Waals surface area contributed by atoms with Gasteiger partial charge >= 0.3 is 23.9 Å². The van der Waals surface area contributed by atoms with E-state index in [0.29, 0.717) is 30.0 Å². The SMILES string of the molecule is CC(C)(C)OC(=O)CC[C@H](NC(=O)c1ccc(NC(=O)CCSCC(COC(=O)CCCCCCCCCCCc2ccccc2)OC(=O)CCCCCCCCCCCc2ccccc2)cc1)C(=O)OC(C)(C)C. The molecule has 3 rings (SSSR count). The summed E-state index contributed by atoms with van der Waals surface area (Å²) in [6.07, 6.45) is 22.7. The molecule has 416 valence electrons. The Hall–Kier alpha value is -5.17. The van der Waals surface area contributed by atoms with E-state index in [9.17, 15) is 28.8 Å². The molecule has 0 aliphatic carbocycles. The van der Waals surface area contributed by atoms with Crippen LogP contribution >= 0.6 is 11.8 Å². The summed E-state index contributed by atoms with van der Waals surface area (Å²) in [6, 6.07) is 26.5. The van der Waals surface area contributed by atoms with Gasteiger partial charge in [-0.15, -0.1) is 0 Å². The number of carbonyl (C=O) groups excluding carboxylic acids is 6. The summed E-state index contributed by atoms with van der Waals surface area (Å²) in [5.41, 5.74) is 2.04. The van der Waals surface area contributed by atoms with E-state index in [-0.39, 0.29) is 49.3 Å². The second-order valence-electron chi connectivity index (χ2n) is 21.8. The Morgan fingerprint density at radius 1 is 0.507 bits per heavy atom. The van der Waals surface area contributed by atoms with Gasteiger partial charge in [0.1, 0.15) is 30.0 Å². The van der Waals surface area contributed by atoms with Gasteiger partial charge in [0.2, 0.25) is 5.91 Å². The summed E-state index contributed by atoms with van der Waals surface area (Å²) in [7, 11) is 0. The average molecular weight is 1060 g/mol. The molecule has 0 bridgehead atoms. The third-order valence-corrected chi connectivity index (χ3v) is 13.5. The number of unbranched alkanes of at least 4 members (excludes halogenated alkanes) is 16. The maximum Gasteiger partial charge on any atom is 0.329 e. The molecule has 2 N–H and O–H groups in total. The molecule has 0 spiro atoms. The predicted octanol–water partition coefficient (Wildman–Crippen LogP) is 14.1. The predicted molar refractivity (Wildman–Crippen MR) is 303 cm³/mol. The molecule has 12 nitrogen and oxygen atoms in total. The number of hydrogen-bond donors (Lipinski definition) is 2. The van der Waals surface area contributed by atoms with E-state index in [0.717, 1.165) is 57.8 Å². The van der Waals surface area contributed by atoms with Crippen molar-refractivity contribution in [1.29, 1.82) is 0 Å². The molecule has 3 aromatic rings. The topological polar surface area (TPSA) is 163 Å². The van der Waals surface area contributed by atoms with E-state index < -0.39 is 41.2 Å². The third-order valence-electron chi connectivity index (χ3n) is 12.4. The number of carbonyl (C=O) groups is 6. The lowest BCUT2D eigenvalue weighted by Crippen LogP contribution is -2.44. The summed E-state index contributed by atoms with van der Waals surface area (Å²) >= 11 is 1.45. The van der Waals surface area contributed by atoms with Crippen molar-refractivity contribution >= 4 is 53.1 Å². The Morgan fingerprint density at radius 2 is 0.973 bits per heavy atom. The highest BCUT2D eigenvalue weighted by Crippen LogP contribution is 2.19. The van der Waals surface area contributed by atoms with Crippen LogP contribution in [0.4, 0.5) is 5.69 Å². The zero-order valence-corrected chi connectivity index (χ0v) is 47.3. The normalized spacial score (nSPS) is 12.3. The average Bonchev–Trinajstić information content (AvgIpc) is 3.36. The van der Waals surface area contributed by atoms with Crippen LogP contribution in [0.1, 0.15) is 211 Å². The van der Waals surface area contributed by atoms with Gasteiger partial charge in [-0.25, -0.2) is 4.79 Å². The molecule has 0 saturated carbocycles. The first kappa shape index (κ1) is 64.1. The number of amides is 2. The van der Waals surface area contributed by atoms with E-state index in [1.165, 1.54) is 106 Å². The fourth-order valence-corrected chi connectivity index (χ4v) is 9.33. The molecule has 75 heavy (non-hydrogen) atoms. The lowest BCUT2D eigenvalue weighted by atomic mass is 10.0. The minimum atomic E-state index is -1.09. The van der Waals surface area contributed by atoms with Gasteiger partial charge in [-0.05, 0) is 122 Å². The minimum absolute atomic E-state index is 0.00942. The van der Waals surface area contributed by atoms with Crippen LogP contribution in [0.2, 0.25) is 0 Å². The lowest BCUT2D eigenvalue weighted by molar-refractivity contribution is -0.158. The van der Waals surface area contributed by atoms with Crippen molar-refractivity contribution in [2.75, 3.05) is 23.4 Å². The largest absolute Gasteiger partial charge is 0.462 e. The molecule has 1 unspecified atom stereocenters. The van der Waals surface area contributed by atoms with Crippen LogP contribution < -0.4 is 10.6 Å². The number of ether oxygens (including phenoxy) is 4. The first-order chi connectivity index (χ1) is 36.0. The first-order valence-electron chi connectivity index (χ1n) is 28.1. The fraction of sp³-hybridized carbons (Fsp3) is 0.613. The van der Waals surface area contributed by atoms with Crippen molar-refractivity contribution in [3.05, 3.63) is 102 Å². The molecule has 0 fully saturated rings. The molecular formula is C62H92N2O10S. The summed E-state index contributed by atoms with van der Waals surface area (Å²) in [6.45, 7) is 10.4. The Bertz CT molecular complexity index is 2070. The number of hydrogen-bond acceptors (Lipinski definition) is 11. The molecule has 0 aliphatic rings. The molecule has 0 radical (unpaired) electrons. The Kier molecular flexibility index (Phi) is 32.1. The second-order valence-corrected chi connectivity index (χ2v) is 22.9. The van der Waals surface area contributed by atoms with Gasteiger partial charge < -0.3 is 29.6 Å². The Balaban J connectivity index is 1.39. The molecule has 13 heteroatoms. The number of esters is 4. The summed E-state index contributed by atoms with van der Waals surface area (Å²) < 4.78 is 22.4. The Labute approximate surface area is 454 Å². The maximum absolute atomic E-state index is 13.2. The van der Waals surface area contributed by atoms with E-state index in [2.05, 4.69) is 71.3 Å². The molecule has 3 aromatic carbocycles. The molecule has 0 heterocycles. The van der Waals surface area contributed by atoms with Crippen molar-refractivity contribution in [1.82, 2.24) is 5.32 Å². The van der Waals surface area contributed by atoms with Gasteiger partial charge in [-0.3, -0.25) is 24.0 Å². The highest BCUT2D eigenvalue weighted by Gasteiger charge is 2.29. The fourth-order valence-electron chi connectivity index (χ4n) is 8.41. The minimum Gasteiger partial charge on any atom is -0.462 e. The second kappa shape index (κ2) is 37.6. The standard InChI is InChI=1S/C62H92N2O10S/c1-61(2,3)73-58(68)44-43-54(60(70)74-62(4,5)6)64-59(69)51-39-41-52(42-40-51)63-55(65)45-46-75-48-53(72-57(67)38-30-20-16-12-8-10-14-18-24-32-50-35-27-22-28-36-50)47-71-56(66)37-29-19-15-11-7-9-13-17-23-31-49-33-25-21-26-34-49/h21-22,25-28,33-36,39-42,53-54H,7-20,23-24,29-32,37-38,43-48H2,1-6H3,(H,63,65)(H,64,69)/t53?,54-/m0/s1. The zero-order chi connectivity index (χ0) is 54.6. The summed E-state index contributed by atoms with van der Waals surface area (Å²) in [5.74, 6) is -1.73. The van der Waals surface area contributed by atoms with Gasteiger partial charge in [0, 0.05) is 48.4 Å². The molecule has 2 atom stereocenters. The number of aryl methyl sites for hydroxylation is 2. The molecule has 2 amide bonds.